The maximum atomic E-state index is 11.0. The van der Waals surface area contributed by atoms with Gasteiger partial charge in [-0.3, -0.25) is 0 Å². The van der Waals surface area contributed by atoms with E-state index in [1.807, 2.05) is 11.4 Å². The number of aromatic carboxylic acids is 1. The Balaban J connectivity index is 2.03. The first-order chi connectivity index (χ1) is 9.22. The van der Waals surface area contributed by atoms with Crippen molar-refractivity contribution >= 4 is 17.3 Å². The summed E-state index contributed by atoms with van der Waals surface area (Å²) in [5, 5.41) is 17.9. The lowest BCUT2D eigenvalue weighted by Crippen LogP contribution is -2.20. The molecule has 0 aromatic carbocycles. The average Bonchev–Trinajstić information content (AvgIpc) is 3.05. The molecule has 0 saturated heterocycles. The van der Waals surface area contributed by atoms with Crippen LogP contribution in [0.2, 0.25) is 0 Å². The second-order valence-corrected chi connectivity index (χ2v) is 5.18. The summed E-state index contributed by atoms with van der Waals surface area (Å²) in [6, 6.07) is 4.31. The smallest absolute Gasteiger partial charge is 0.341 e. The van der Waals surface area contributed by atoms with E-state index >= 15 is 0 Å². The average molecular weight is 280 g/mol. The number of rotatable bonds is 7. The van der Waals surface area contributed by atoms with E-state index < -0.39 is 5.97 Å². The van der Waals surface area contributed by atoms with Gasteiger partial charge in [-0.1, -0.05) is 24.6 Å². The molecule has 2 aromatic rings. The van der Waals surface area contributed by atoms with Crippen LogP contribution >= 0.6 is 11.3 Å². The van der Waals surface area contributed by atoms with Crippen LogP contribution in [0.5, 0.6) is 0 Å². The molecule has 0 spiro atoms. The molecule has 5 nitrogen and oxygen atoms in total. The molecule has 19 heavy (non-hydrogen) atoms. The van der Waals surface area contributed by atoms with Gasteiger partial charge < -0.3 is 14.9 Å². The standard InChI is InChI=1S/C13H16N2O3S/c1-2-4-10(12-5-3-6-19-12)14-8-11-9(13(16)17)7-15-18-11/h3,5-7,10,14H,2,4,8H2,1H3,(H,16,17). The SMILES string of the molecule is CCCC(NCc1oncc1C(=O)O)c1cccs1. The molecule has 0 bridgehead atoms. The minimum atomic E-state index is -1.01. The van der Waals surface area contributed by atoms with Crippen molar-refractivity contribution in [2.24, 2.45) is 0 Å². The Morgan fingerprint density at radius 3 is 3.11 bits per heavy atom. The van der Waals surface area contributed by atoms with E-state index in [1.54, 1.807) is 11.3 Å². The van der Waals surface area contributed by atoms with Gasteiger partial charge in [0.25, 0.3) is 0 Å². The summed E-state index contributed by atoms with van der Waals surface area (Å²) in [5.74, 6) is -0.647. The maximum Gasteiger partial charge on any atom is 0.341 e. The van der Waals surface area contributed by atoms with E-state index in [-0.39, 0.29) is 11.6 Å². The van der Waals surface area contributed by atoms with Gasteiger partial charge >= 0.3 is 5.97 Å². The molecule has 1 atom stereocenters. The van der Waals surface area contributed by atoms with Crippen LogP contribution in [-0.2, 0) is 6.54 Å². The third kappa shape index (κ3) is 3.42. The fraction of sp³-hybridized carbons (Fsp3) is 0.385. The normalized spacial score (nSPS) is 12.5. The molecule has 0 fully saturated rings. The van der Waals surface area contributed by atoms with Crippen LogP contribution in [0.1, 0.15) is 46.8 Å². The molecule has 0 aliphatic rings. The van der Waals surface area contributed by atoms with Crippen LogP contribution in [0, 0.1) is 0 Å². The number of thiophene rings is 1. The fourth-order valence-electron chi connectivity index (χ4n) is 1.90. The molecular weight excluding hydrogens is 264 g/mol. The van der Waals surface area contributed by atoms with E-state index in [0.717, 1.165) is 12.8 Å². The highest BCUT2D eigenvalue weighted by molar-refractivity contribution is 7.10. The molecule has 0 radical (unpaired) electrons. The summed E-state index contributed by atoms with van der Waals surface area (Å²) >= 11 is 1.69. The van der Waals surface area contributed by atoms with Gasteiger partial charge in [0, 0.05) is 10.9 Å². The molecule has 2 heterocycles. The van der Waals surface area contributed by atoms with Gasteiger partial charge in [-0.25, -0.2) is 4.79 Å². The summed E-state index contributed by atoms with van der Waals surface area (Å²) in [6.07, 6.45) is 3.29. The van der Waals surface area contributed by atoms with E-state index in [2.05, 4.69) is 23.5 Å². The fourth-order valence-corrected chi connectivity index (χ4v) is 2.74. The molecule has 6 heteroatoms. The lowest BCUT2D eigenvalue weighted by Gasteiger charge is -2.15. The van der Waals surface area contributed by atoms with Crippen LogP contribution in [0.3, 0.4) is 0 Å². The second kappa shape index (κ2) is 6.49. The second-order valence-electron chi connectivity index (χ2n) is 4.21. The Bertz CT molecular complexity index is 522. The highest BCUT2D eigenvalue weighted by Crippen LogP contribution is 2.23. The highest BCUT2D eigenvalue weighted by Gasteiger charge is 2.17. The van der Waals surface area contributed by atoms with Crippen molar-refractivity contribution in [3.8, 4) is 0 Å². The van der Waals surface area contributed by atoms with Crippen molar-refractivity contribution in [3.63, 3.8) is 0 Å². The first kappa shape index (κ1) is 13.8. The Morgan fingerprint density at radius 2 is 2.47 bits per heavy atom. The Hall–Kier alpha value is -1.66. The zero-order valence-electron chi connectivity index (χ0n) is 10.6. The third-order valence-electron chi connectivity index (χ3n) is 2.85. The van der Waals surface area contributed by atoms with Crippen molar-refractivity contribution in [1.82, 2.24) is 10.5 Å². The predicted octanol–water partition coefficient (Wildman–Crippen LogP) is 3.07. The van der Waals surface area contributed by atoms with Gasteiger partial charge in [0.15, 0.2) is 5.76 Å². The number of hydrogen-bond acceptors (Lipinski definition) is 5. The van der Waals surface area contributed by atoms with Crippen LogP contribution < -0.4 is 5.32 Å². The Morgan fingerprint density at radius 1 is 1.63 bits per heavy atom. The molecule has 0 aliphatic carbocycles. The molecule has 2 aromatic heterocycles. The summed E-state index contributed by atoms with van der Waals surface area (Å²) in [4.78, 5) is 12.2. The number of nitrogens with one attached hydrogen (secondary N) is 1. The molecule has 2 rings (SSSR count). The van der Waals surface area contributed by atoms with Gasteiger partial charge in [-0.05, 0) is 17.9 Å². The van der Waals surface area contributed by atoms with Gasteiger partial charge in [-0.15, -0.1) is 11.3 Å². The van der Waals surface area contributed by atoms with Crippen molar-refractivity contribution in [2.45, 2.75) is 32.4 Å². The lowest BCUT2D eigenvalue weighted by atomic mass is 10.1. The quantitative estimate of drug-likeness (QED) is 0.815. The summed E-state index contributed by atoms with van der Waals surface area (Å²) in [5.41, 5.74) is 0.119. The van der Waals surface area contributed by atoms with E-state index in [9.17, 15) is 4.79 Å². The number of aromatic nitrogens is 1. The topological polar surface area (TPSA) is 75.4 Å². The first-order valence-corrected chi connectivity index (χ1v) is 7.04. The first-order valence-electron chi connectivity index (χ1n) is 6.16. The maximum absolute atomic E-state index is 11.0. The zero-order valence-corrected chi connectivity index (χ0v) is 11.4. The lowest BCUT2D eigenvalue weighted by molar-refractivity contribution is 0.0694. The molecule has 0 aliphatic heterocycles. The van der Waals surface area contributed by atoms with Crippen molar-refractivity contribution < 1.29 is 14.4 Å². The molecular formula is C13H16N2O3S. The number of carbonyl (C=O) groups is 1. The van der Waals surface area contributed by atoms with Crippen LogP contribution in [-0.4, -0.2) is 16.2 Å². The monoisotopic (exact) mass is 280 g/mol. The molecule has 0 amide bonds. The van der Waals surface area contributed by atoms with Gasteiger partial charge in [0.1, 0.15) is 5.56 Å². The summed E-state index contributed by atoms with van der Waals surface area (Å²) < 4.78 is 4.98. The largest absolute Gasteiger partial charge is 0.478 e. The van der Waals surface area contributed by atoms with Crippen molar-refractivity contribution in [2.75, 3.05) is 0 Å². The van der Waals surface area contributed by atoms with Gasteiger partial charge in [-0.2, -0.15) is 0 Å². The number of carboxylic acid groups (broad SMARTS) is 1. The van der Waals surface area contributed by atoms with Crippen LogP contribution in [0.4, 0.5) is 0 Å². The van der Waals surface area contributed by atoms with Crippen molar-refractivity contribution in [3.05, 3.63) is 39.9 Å². The Labute approximate surface area is 115 Å². The molecule has 1 unspecified atom stereocenters. The molecule has 0 saturated carbocycles. The highest BCUT2D eigenvalue weighted by atomic mass is 32.1. The zero-order chi connectivity index (χ0) is 13.7. The van der Waals surface area contributed by atoms with Crippen LogP contribution in [0.15, 0.2) is 28.2 Å². The number of carboxylic acids is 1. The number of hydrogen-bond donors (Lipinski definition) is 2. The predicted molar refractivity (Wildman–Crippen MR) is 72.3 cm³/mol. The van der Waals surface area contributed by atoms with E-state index in [4.69, 9.17) is 9.63 Å². The van der Waals surface area contributed by atoms with Gasteiger partial charge in [0.05, 0.1) is 12.7 Å². The van der Waals surface area contributed by atoms with E-state index in [0.29, 0.717) is 12.3 Å². The summed E-state index contributed by atoms with van der Waals surface area (Å²) in [7, 11) is 0. The van der Waals surface area contributed by atoms with E-state index in [1.165, 1.54) is 11.1 Å². The molecule has 102 valence electrons. The minimum absolute atomic E-state index is 0.119. The third-order valence-corrected chi connectivity index (χ3v) is 3.83. The molecule has 2 N–H and O–H groups in total. The summed E-state index contributed by atoms with van der Waals surface area (Å²) in [6.45, 7) is 2.49. The Kier molecular flexibility index (Phi) is 4.70. The minimum Gasteiger partial charge on any atom is -0.478 e. The van der Waals surface area contributed by atoms with Gasteiger partial charge in [0.2, 0.25) is 0 Å². The van der Waals surface area contributed by atoms with Crippen LogP contribution in [0.25, 0.3) is 0 Å². The number of nitrogens with zero attached hydrogens (tertiary/aromatic N) is 1. The van der Waals surface area contributed by atoms with Crippen molar-refractivity contribution in [1.29, 1.82) is 0 Å².